The molecule has 0 aliphatic rings. The van der Waals surface area contributed by atoms with Crippen molar-refractivity contribution in [2.45, 2.75) is 64.5 Å². The van der Waals surface area contributed by atoms with Crippen molar-refractivity contribution in [2.75, 3.05) is 0 Å². The number of nitrogens with two attached hydrogens (primary N) is 1. The van der Waals surface area contributed by atoms with Crippen molar-refractivity contribution >= 4 is 0 Å². The summed E-state index contributed by atoms with van der Waals surface area (Å²) in [5.41, 5.74) is 4.80. The van der Waals surface area contributed by atoms with Gasteiger partial charge in [-0.3, -0.25) is 0 Å². The first-order valence-electron chi connectivity index (χ1n) is 5.13. The van der Waals surface area contributed by atoms with Crippen LogP contribution in [0.2, 0.25) is 0 Å². The van der Waals surface area contributed by atoms with Crippen LogP contribution < -0.4 is 5.73 Å². The van der Waals surface area contributed by atoms with Crippen LogP contribution in [-0.4, -0.2) is 10.8 Å². The van der Waals surface area contributed by atoms with Gasteiger partial charge in [0.05, 0.1) is 0 Å². The van der Waals surface area contributed by atoms with Crippen LogP contribution in [0.4, 0.5) is 0 Å². The van der Waals surface area contributed by atoms with E-state index < -0.39 is 5.72 Å². The molecule has 0 aromatic carbocycles. The highest BCUT2D eigenvalue weighted by Gasteiger charge is 2.18. The highest BCUT2D eigenvalue weighted by Crippen LogP contribution is 2.15. The average Bonchev–Trinajstić information content (AvgIpc) is 2.01. The Morgan fingerprint density at radius 3 is 2.00 bits per heavy atom. The van der Waals surface area contributed by atoms with Crippen LogP contribution in [0, 0.1) is 0 Å². The molecule has 0 aromatic heterocycles. The predicted molar refractivity (Wildman–Crippen MR) is 52.8 cm³/mol. The molecular formula is C10H23NO. The first-order valence-corrected chi connectivity index (χ1v) is 5.13. The standard InChI is InChI=1S/C10H23NO/c1-3-5-7-9-10(11,12)8-6-4-2/h12H,3-9,11H2,1-2H3. The summed E-state index contributed by atoms with van der Waals surface area (Å²) in [5.74, 6) is 0. The maximum Gasteiger partial charge on any atom is 0.113 e. The number of hydrogen-bond donors (Lipinski definition) is 2. The summed E-state index contributed by atoms with van der Waals surface area (Å²) in [6, 6.07) is 0. The van der Waals surface area contributed by atoms with Gasteiger partial charge in [0.25, 0.3) is 0 Å². The van der Waals surface area contributed by atoms with Crippen LogP contribution in [0.5, 0.6) is 0 Å². The van der Waals surface area contributed by atoms with Gasteiger partial charge in [0.1, 0.15) is 5.72 Å². The van der Waals surface area contributed by atoms with Crippen molar-refractivity contribution in [3.63, 3.8) is 0 Å². The molecule has 0 rings (SSSR count). The molecule has 0 aromatic rings. The van der Waals surface area contributed by atoms with E-state index in [-0.39, 0.29) is 0 Å². The minimum atomic E-state index is -0.898. The van der Waals surface area contributed by atoms with E-state index in [9.17, 15) is 5.11 Å². The van der Waals surface area contributed by atoms with Crippen molar-refractivity contribution in [3.8, 4) is 0 Å². The van der Waals surface area contributed by atoms with Crippen LogP contribution >= 0.6 is 0 Å². The van der Waals surface area contributed by atoms with E-state index in [1.807, 2.05) is 0 Å². The number of unbranched alkanes of at least 4 members (excludes halogenated alkanes) is 3. The Morgan fingerprint density at radius 2 is 1.50 bits per heavy atom. The van der Waals surface area contributed by atoms with E-state index in [0.717, 1.165) is 32.1 Å². The zero-order valence-corrected chi connectivity index (χ0v) is 8.47. The molecule has 2 nitrogen and oxygen atoms in total. The first-order chi connectivity index (χ1) is 5.62. The van der Waals surface area contributed by atoms with Gasteiger partial charge in [0.15, 0.2) is 0 Å². The van der Waals surface area contributed by atoms with Crippen molar-refractivity contribution in [2.24, 2.45) is 5.73 Å². The second-order valence-corrected chi connectivity index (χ2v) is 3.66. The van der Waals surface area contributed by atoms with Gasteiger partial charge in [-0.25, -0.2) is 0 Å². The van der Waals surface area contributed by atoms with Crippen molar-refractivity contribution < 1.29 is 5.11 Å². The van der Waals surface area contributed by atoms with Gasteiger partial charge in [-0.15, -0.1) is 0 Å². The van der Waals surface area contributed by atoms with E-state index in [1.54, 1.807) is 0 Å². The molecule has 0 amide bonds. The fourth-order valence-corrected chi connectivity index (χ4v) is 1.29. The SMILES string of the molecule is CCCCCC(N)(O)CCCC. The molecule has 0 aliphatic carbocycles. The lowest BCUT2D eigenvalue weighted by molar-refractivity contribution is 0.0246. The Bertz CT molecular complexity index is 102. The third-order valence-electron chi connectivity index (χ3n) is 2.18. The molecular weight excluding hydrogens is 150 g/mol. The molecule has 12 heavy (non-hydrogen) atoms. The summed E-state index contributed by atoms with van der Waals surface area (Å²) >= 11 is 0. The maximum absolute atomic E-state index is 9.65. The van der Waals surface area contributed by atoms with E-state index >= 15 is 0 Å². The molecule has 2 heteroatoms. The molecule has 3 N–H and O–H groups in total. The van der Waals surface area contributed by atoms with Crippen molar-refractivity contribution in [3.05, 3.63) is 0 Å². The summed E-state index contributed by atoms with van der Waals surface area (Å²) in [4.78, 5) is 0. The van der Waals surface area contributed by atoms with Crippen molar-refractivity contribution in [1.82, 2.24) is 0 Å². The van der Waals surface area contributed by atoms with Gasteiger partial charge in [-0.1, -0.05) is 33.1 Å². The van der Waals surface area contributed by atoms with Gasteiger partial charge in [-0.2, -0.15) is 0 Å². The third kappa shape index (κ3) is 6.62. The Kier molecular flexibility index (Phi) is 6.39. The fourth-order valence-electron chi connectivity index (χ4n) is 1.29. The highest BCUT2D eigenvalue weighted by molar-refractivity contribution is 4.69. The largest absolute Gasteiger partial charge is 0.376 e. The fraction of sp³-hybridized carbons (Fsp3) is 1.00. The molecule has 0 saturated carbocycles. The highest BCUT2D eigenvalue weighted by atomic mass is 16.3. The average molecular weight is 173 g/mol. The molecule has 0 spiro atoms. The second kappa shape index (κ2) is 6.44. The van der Waals surface area contributed by atoms with E-state index in [0.29, 0.717) is 0 Å². The Morgan fingerprint density at radius 1 is 1.00 bits per heavy atom. The molecule has 0 saturated heterocycles. The summed E-state index contributed by atoms with van der Waals surface area (Å²) in [6.45, 7) is 4.27. The van der Waals surface area contributed by atoms with Crippen LogP contribution in [0.15, 0.2) is 0 Å². The summed E-state index contributed by atoms with van der Waals surface area (Å²) in [6.07, 6.45) is 7.03. The van der Waals surface area contributed by atoms with Crippen LogP contribution in [0.3, 0.4) is 0 Å². The van der Waals surface area contributed by atoms with Gasteiger partial charge < -0.3 is 10.8 Å². The molecule has 0 aliphatic heterocycles. The van der Waals surface area contributed by atoms with Crippen molar-refractivity contribution in [1.29, 1.82) is 0 Å². The minimum Gasteiger partial charge on any atom is -0.376 e. The maximum atomic E-state index is 9.65. The molecule has 0 radical (unpaired) electrons. The lowest BCUT2D eigenvalue weighted by Crippen LogP contribution is -2.39. The normalized spacial score (nSPS) is 16.0. The zero-order valence-electron chi connectivity index (χ0n) is 8.47. The molecule has 1 unspecified atom stereocenters. The number of rotatable bonds is 7. The molecule has 74 valence electrons. The quantitative estimate of drug-likeness (QED) is 0.459. The number of hydrogen-bond acceptors (Lipinski definition) is 2. The smallest absolute Gasteiger partial charge is 0.113 e. The molecule has 0 heterocycles. The van der Waals surface area contributed by atoms with E-state index in [2.05, 4.69) is 13.8 Å². The topological polar surface area (TPSA) is 46.2 Å². The van der Waals surface area contributed by atoms with Gasteiger partial charge in [0.2, 0.25) is 0 Å². The van der Waals surface area contributed by atoms with Gasteiger partial charge in [0, 0.05) is 0 Å². The van der Waals surface area contributed by atoms with Crippen LogP contribution in [0.1, 0.15) is 58.8 Å². The van der Waals surface area contributed by atoms with E-state index in [1.165, 1.54) is 12.8 Å². The predicted octanol–water partition coefficient (Wildman–Crippen LogP) is 2.40. The minimum absolute atomic E-state index is 0.743. The third-order valence-corrected chi connectivity index (χ3v) is 2.18. The molecule has 0 fully saturated rings. The monoisotopic (exact) mass is 173 g/mol. The Hall–Kier alpha value is -0.0800. The van der Waals surface area contributed by atoms with Gasteiger partial charge >= 0.3 is 0 Å². The van der Waals surface area contributed by atoms with Gasteiger partial charge in [-0.05, 0) is 25.7 Å². The summed E-state index contributed by atoms with van der Waals surface area (Å²) < 4.78 is 0. The summed E-state index contributed by atoms with van der Waals surface area (Å²) in [7, 11) is 0. The first kappa shape index (κ1) is 11.9. The molecule has 0 bridgehead atoms. The van der Waals surface area contributed by atoms with E-state index in [4.69, 9.17) is 5.73 Å². The summed E-state index contributed by atoms with van der Waals surface area (Å²) in [5, 5.41) is 9.65. The Balaban J connectivity index is 3.42. The van der Waals surface area contributed by atoms with Crippen LogP contribution in [0.25, 0.3) is 0 Å². The van der Waals surface area contributed by atoms with Crippen LogP contribution in [-0.2, 0) is 0 Å². The Labute approximate surface area is 76.2 Å². The number of aliphatic hydroxyl groups is 1. The lowest BCUT2D eigenvalue weighted by atomic mass is 10.00. The molecule has 1 atom stereocenters. The lowest BCUT2D eigenvalue weighted by Gasteiger charge is -2.22. The zero-order chi connectivity index (χ0) is 9.45. The second-order valence-electron chi connectivity index (χ2n) is 3.66.